The van der Waals surface area contributed by atoms with Crippen LogP contribution in [0.15, 0.2) is 12.3 Å². The van der Waals surface area contributed by atoms with E-state index >= 15 is 0 Å². The summed E-state index contributed by atoms with van der Waals surface area (Å²) < 4.78 is 23.2. The highest BCUT2D eigenvalue weighted by atomic mass is 32.2. The van der Waals surface area contributed by atoms with Crippen LogP contribution in [-0.4, -0.2) is 23.6 Å². The van der Waals surface area contributed by atoms with Gasteiger partial charge in [0, 0.05) is 6.20 Å². The van der Waals surface area contributed by atoms with Gasteiger partial charge in [-0.2, -0.15) is 5.26 Å². The highest BCUT2D eigenvalue weighted by Crippen LogP contribution is 2.30. The maximum absolute atomic E-state index is 11.6. The molecule has 0 unspecified atom stereocenters. The molecule has 15 heavy (non-hydrogen) atoms. The maximum atomic E-state index is 11.6. The highest BCUT2D eigenvalue weighted by Gasteiger charge is 2.36. The summed E-state index contributed by atoms with van der Waals surface area (Å²) in [4.78, 5) is 7.68. The quantitative estimate of drug-likeness (QED) is 0.741. The average molecular weight is 223 g/mol. The summed E-state index contributed by atoms with van der Waals surface area (Å²) in [6.07, 6.45) is 2.88. The summed E-state index contributed by atoms with van der Waals surface area (Å²) >= 11 is 0. The van der Waals surface area contributed by atoms with Crippen LogP contribution in [0.1, 0.15) is 24.4 Å². The molecular formula is C9H9N3O2S. The third kappa shape index (κ3) is 2.30. The smallest absolute Gasteiger partial charge is 0.160 e. The normalized spacial score (nSPS) is 15.9. The second-order valence-corrected chi connectivity index (χ2v) is 5.76. The van der Waals surface area contributed by atoms with Gasteiger partial charge >= 0.3 is 0 Å². The van der Waals surface area contributed by atoms with E-state index in [1.165, 1.54) is 12.3 Å². The predicted octanol–water partition coefficient (Wildman–Crippen LogP) is 0.425. The van der Waals surface area contributed by atoms with Gasteiger partial charge in [-0.05, 0) is 18.9 Å². The Hall–Kier alpha value is -1.48. The average Bonchev–Trinajstić information content (AvgIpc) is 3.00. The molecular weight excluding hydrogens is 214 g/mol. The lowest BCUT2D eigenvalue weighted by Crippen LogP contribution is -2.12. The van der Waals surface area contributed by atoms with Crippen LogP contribution in [0.3, 0.4) is 0 Å². The lowest BCUT2D eigenvalue weighted by molar-refractivity contribution is 0.592. The molecule has 0 saturated heterocycles. The molecule has 1 aromatic rings. The summed E-state index contributed by atoms with van der Waals surface area (Å²) in [7, 11) is -3.10. The van der Waals surface area contributed by atoms with Crippen molar-refractivity contribution < 1.29 is 8.42 Å². The summed E-state index contributed by atoms with van der Waals surface area (Å²) in [5.74, 6) is 0.0497. The van der Waals surface area contributed by atoms with Crippen LogP contribution in [0.4, 0.5) is 0 Å². The fraction of sp³-hybridized carbons (Fsp3) is 0.444. The molecule has 0 atom stereocenters. The Labute approximate surface area is 87.7 Å². The number of aromatic nitrogens is 2. The largest absolute Gasteiger partial charge is 0.240 e. The molecule has 0 bridgehead atoms. The van der Waals surface area contributed by atoms with Crippen LogP contribution < -0.4 is 0 Å². The van der Waals surface area contributed by atoms with E-state index < -0.39 is 9.84 Å². The fourth-order valence-corrected chi connectivity index (χ4v) is 2.84. The summed E-state index contributed by atoms with van der Waals surface area (Å²) in [5, 5.41) is 8.38. The van der Waals surface area contributed by atoms with Crippen molar-refractivity contribution in [3.8, 4) is 6.07 Å². The van der Waals surface area contributed by atoms with Crippen molar-refractivity contribution in [1.82, 2.24) is 9.97 Å². The second-order valence-electron chi connectivity index (χ2n) is 3.48. The van der Waals surface area contributed by atoms with Gasteiger partial charge < -0.3 is 0 Å². The molecule has 1 heterocycles. The van der Waals surface area contributed by atoms with E-state index in [0.29, 0.717) is 0 Å². The number of rotatable bonds is 3. The van der Waals surface area contributed by atoms with Crippen LogP contribution in [0.5, 0.6) is 0 Å². The standard InChI is InChI=1S/C9H9N3O2S/c10-5-7-3-4-11-9(12-7)6-15(13,14)8-1-2-8/h3-4,8H,1-2,6H2. The topological polar surface area (TPSA) is 83.7 Å². The zero-order valence-corrected chi connectivity index (χ0v) is 8.74. The van der Waals surface area contributed by atoms with Crippen molar-refractivity contribution in [2.75, 3.05) is 0 Å². The number of nitriles is 1. The molecule has 0 aliphatic heterocycles. The first kappa shape index (κ1) is 10.1. The predicted molar refractivity (Wildman–Crippen MR) is 52.4 cm³/mol. The highest BCUT2D eigenvalue weighted by molar-refractivity contribution is 7.91. The molecule has 2 rings (SSSR count). The van der Waals surface area contributed by atoms with E-state index in [-0.39, 0.29) is 22.5 Å². The van der Waals surface area contributed by atoms with Gasteiger partial charge in [0.2, 0.25) is 0 Å². The van der Waals surface area contributed by atoms with E-state index in [1.54, 1.807) is 0 Å². The minimum Gasteiger partial charge on any atom is -0.240 e. The van der Waals surface area contributed by atoms with Crippen LogP contribution in [0.25, 0.3) is 0 Å². The van der Waals surface area contributed by atoms with E-state index in [1.807, 2.05) is 6.07 Å². The third-order valence-electron chi connectivity index (χ3n) is 2.18. The summed E-state index contributed by atoms with van der Waals surface area (Å²) in [5.41, 5.74) is 0.200. The maximum Gasteiger partial charge on any atom is 0.160 e. The lowest BCUT2D eigenvalue weighted by atomic mass is 10.4. The zero-order chi connectivity index (χ0) is 10.9. The molecule has 5 nitrogen and oxygen atoms in total. The molecule has 0 aromatic carbocycles. The lowest BCUT2D eigenvalue weighted by Gasteiger charge is -2.00. The van der Waals surface area contributed by atoms with E-state index in [2.05, 4.69) is 9.97 Å². The minimum absolute atomic E-state index is 0.160. The van der Waals surface area contributed by atoms with E-state index in [9.17, 15) is 8.42 Å². The Morgan fingerprint density at radius 3 is 2.87 bits per heavy atom. The van der Waals surface area contributed by atoms with Gasteiger partial charge in [-0.1, -0.05) is 0 Å². The van der Waals surface area contributed by atoms with Gasteiger partial charge in [0.1, 0.15) is 23.3 Å². The first-order valence-corrected chi connectivity index (χ1v) is 6.27. The van der Waals surface area contributed by atoms with Crippen molar-refractivity contribution >= 4 is 9.84 Å². The monoisotopic (exact) mass is 223 g/mol. The van der Waals surface area contributed by atoms with Crippen LogP contribution in [0.2, 0.25) is 0 Å². The Balaban J connectivity index is 2.21. The van der Waals surface area contributed by atoms with Gasteiger partial charge in [-0.15, -0.1) is 0 Å². The van der Waals surface area contributed by atoms with Gasteiger partial charge in [0.15, 0.2) is 9.84 Å². The van der Waals surface area contributed by atoms with Gasteiger partial charge in [-0.3, -0.25) is 0 Å². The first-order valence-electron chi connectivity index (χ1n) is 4.55. The van der Waals surface area contributed by atoms with Crippen molar-refractivity contribution in [2.24, 2.45) is 0 Å². The fourth-order valence-electron chi connectivity index (χ4n) is 1.26. The SMILES string of the molecule is N#Cc1ccnc(CS(=O)(=O)C2CC2)n1. The first-order chi connectivity index (χ1) is 7.12. The van der Waals surface area contributed by atoms with Gasteiger partial charge in [-0.25, -0.2) is 18.4 Å². The molecule has 0 N–H and O–H groups in total. The molecule has 0 radical (unpaired) electrons. The van der Waals surface area contributed by atoms with Crippen molar-refractivity contribution in [2.45, 2.75) is 23.8 Å². The van der Waals surface area contributed by atoms with Crippen molar-refractivity contribution in [3.63, 3.8) is 0 Å². The second kappa shape index (κ2) is 3.59. The Kier molecular flexibility index (Phi) is 2.40. The number of sulfone groups is 1. The van der Waals surface area contributed by atoms with E-state index in [4.69, 9.17) is 5.26 Å². The van der Waals surface area contributed by atoms with E-state index in [0.717, 1.165) is 12.8 Å². The number of hydrogen-bond acceptors (Lipinski definition) is 5. The Bertz CT molecular complexity index is 514. The van der Waals surface area contributed by atoms with Crippen LogP contribution >= 0.6 is 0 Å². The van der Waals surface area contributed by atoms with Crippen LogP contribution in [0, 0.1) is 11.3 Å². The third-order valence-corrected chi connectivity index (χ3v) is 4.33. The molecule has 1 saturated carbocycles. The number of nitrogens with zero attached hydrogens (tertiary/aromatic N) is 3. The molecule has 1 fully saturated rings. The molecule has 1 aliphatic rings. The Morgan fingerprint density at radius 1 is 1.53 bits per heavy atom. The molecule has 1 aliphatic carbocycles. The Morgan fingerprint density at radius 2 is 2.27 bits per heavy atom. The molecule has 6 heteroatoms. The molecule has 0 spiro atoms. The van der Waals surface area contributed by atoms with Gasteiger partial charge in [0.05, 0.1) is 5.25 Å². The summed E-state index contributed by atoms with van der Waals surface area (Å²) in [6, 6.07) is 3.30. The van der Waals surface area contributed by atoms with Gasteiger partial charge in [0.25, 0.3) is 0 Å². The minimum atomic E-state index is -3.10. The van der Waals surface area contributed by atoms with Crippen LogP contribution in [-0.2, 0) is 15.6 Å². The zero-order valence-electron chi connectivity index (χ0n) is 7.92. The molecule has 78 valence electrons. The van der Waals surface area contributed by atoms with Crippen molar-refractivity contribution in [1.29, 1.82) is 5.26 Å². The molecule has 1 aromatic heterocycles. The number of hydrogen-bond donors (Lipinski definition) is 0. The summed E-state index contributed by atoms with van der Waals surface area (Å²) in [6.45, 7) is 0. The van der Waals surface area contributed by atoms with Crippen molar-refractivity contribution in [3.05, 3.63) is 23.8 Å². The molecule has 0 amide bonds.